The first-order valence-corrected chi connectivity index (χ1v) is 10.2. The summed E-state index contributed by atoms with van der Waals surface area (Å²) in [6.45, 7) is 2.66. The Labute approximate surface area is 170 Å². The zero-order chi connectivity index (χ0) is 19.6. The monoisotopic (exact) mass is 396 g/mol. The summed E-state index contributed by atoms with van der Waals surface area (Å²) in [7, 11) is 0. The van der Waals surface area contributed by atoms with Crippen molar-refractivity contribution in [2.75, 3.05) is 0 Å². The van der Waals surface area contributed by atoms with Crippen LogP contribution in [0.4, 0.5) is 0 Å². The normalized spacial score (nSPS) is 25.9. The maximum atomic E-state index is 12.4. The van der Waals surface area contributed by atoms with E-state index >= 15 is 0 Å². The fraction of sp³-hybridized carbons (Fsp3) is 0.391. The van der Waals surface area contributed by atoms with Crippen molar-refractivity contribution < 1.29 is 9.53 Å². The van der Waals surface area contributed by atoms with E-state index in [0.29, 0.717) is 17.5 Å². The third kappa shape index (κ3) is 3.93. The Morgan fingerprint density at radius 1 is 1.25 bits per heavy atom. The summed E-state index contributed by atoms with van der Waals surface area (Å²) in [4.78, 5) is 12.4. The fourth-order valence-electron chi connectivity index (χ4n) is 4.52. The average molecular weight is 397 g/mol. The predicted octanol–water partition coefficient (Wildman–Crippen LogP) is 5.20. The van der Waals surface area contributed by atoms with Gasteiger partial charge in [0.05, 0.1) is 6.21 Å². The quantitative estimate of drug-likeness (QED) is 0.539. The van der Waals surface area contributed by atoms with Gasteiger partial charge in [-0.25, -0.2) is 5.43 Å². The van der Waals surface area contributed by atoms with Crippen molar-refractivity contribution >= 4 is 23.7 Å². The number of fused-ring (bicyclic) bond motifs is 1. The van der Waals surface area contributed by atoms with Gasteiger partial charge in [0, 0.05) is 16.5 Å². The van der Waals surface area contributed by atoms with Gasteiger partial charge in [0.15, 0.2) is 0 Å². The Kier molecular flexibility index (Phi) is 5.40. The van der Waals surface area contributed by atoms with E-state index in [1.165, 1.54) is 19.3 Å². The van der Waals surface area contributed by atoms with Crippen molar-refractivity contribution in [2.24, 2.45) is 22.4 Å². The van der Waals surface area contributed by atoms with Crippen molar-refractivity contribution in [2.45, 2.75) is 39.2 Å². The summed E-state index contributed by atoms with van der Waals surface area (Å²) in [5, 5.41) is 4.84. The number of rotatable bonds is 6. The van der Waals surface area contributed by atoms with Crippen LogP contribution in [-0.2, 0) is 11.4 Å². The molecule has 146 valence electrons. The lowest BCUT2D eigenvalue weighted by atomic mass is 9.90. The minimum atomic E-state index is 0.0605. The number of carbonyl (C=O) groups excluding carboxylic acids is 1. The number of hydrogen-bond donors (Lipinski definition) is 1. The van der Waals surface area contributed by atoms with E-state index in [1.807, 2.05) is 48.5 Å². The Morgan fingerprint density at radius 2 is 2.04 bits per heavy atom. The molecule has 0 aromatic heterocycles. The maximum absolute atomic E-state index is 12.4. The largest absolute Gasteiger partial charge is 0.489 e. The summed E-state index contributed by atoms with van der Waals surface area (Å²) >= 11 is 6.14. The lowest BCUT2D eigenvalue weighted by Crippen LogP contribution is -2.22. The molecule has 0 unspecified atom stereocenters. The standard InChI is InChI=1S/C23H25ClN2O2/c1-23-13-5-4-7-19(23)21(23)22(27)26-25-14-16-9-11-18(12-10-16)28-15-17-6-2-3-8-20(17)24/h2-3,6,8-12,14,19,21H,4-5,7,13,15H2,1H3,(H,26,27)/b25-14-/t19-,21-,23-/m1/s1. The van der Waals surface area contributed by atoms with Crippen molar-refractivity contribution in [1.82, 2.24) is 5.43 Å². The molecule has 2 aromatic rings. The Bertz CT molecular complexity index is 880. The zero-order valence-electron chi connectivity index (χ0n) is 16.0. The number of hydrogen-bond acceptors (Lipinski definition) is 3. The number of carbonyl (C=O) groups is 1. The van der Waals surface area contributed by atoms with E-state index in [1.54, 1.807) is 6.21 Å². The highest BCUT2D eigenvalue weighted by Gasteiger charge is 2.64. The molecule has 2 saturated carbocycles. The minimum absolute atomic E-state index is 0.0605. The third-order valence-corrected chi connectivity index (χ3v) is 6.60. The van der Waals surface area contributed by atoms with Crippen LogP contribution in [0.15, 0.2) is 53.6 Å². The number of ether oxygens (including phenoxy) is 1. The molecule has 0 heterocycles. The van der Waals surface area contributed by atoms with Crippen LogP contribution in [0.25, 0.3) is 0 Å². The Morgan fingerprint density at radius 3 is 2.75 bits per heavy atom. The lowest BCUT2D eigenvalue weighted by Gasteiger charge is -2.15. The predicted molar refractivity (Wildman–Crippen MR) is 112 cm³/mol. The Balaban J connectivity index is 1.27. The number of nitrogens with one attached hydrogen (secondary N) is 1. The number of hydrazone groups is 1. The van der Waals surface area contributed by atoms with Crippen molar-refractivity contribution in [3.63, 3.8) is 0 Å². The van der Waals surface area contributed by atoms with E-state index < -0.39 is 0 Å². The van der Waals surface area contributed by atoms with Crippen LogP contribution in [0.5, 0.6) is 5.75 Å². The summed E-state index contributed by atoms with van der Waals surface area (Å²) in [6, 6.07) is 15.2. The van der Waals surface area contributed by atoms with Crippen LogP contribution < -0.4 is 10.2 Å². The van der Waals surface area contributed by atoms with Gasteiger partial charge in [-0.05, 0) is 60.1 Å². The molecule has 1 N–H and O–H groups in total. The first kappa shape index (κ1) is 19.0. The molecule has 2 aromatic carbocycles. The van der Waals surface area contributed by atoms with Gasteiger partial charge in [-0.1, -0.05) is 49.6 Å². The second-order valence-corrected chi connectivity index (χ2v) is 8.43. The molecular weight excluding hydrogens is 372 g/mol. The van der Waals surface area contributed by atoms with Crippen LogP contribution in [0.3, 0.4) is 0 Å². The topological polar surface area (TPSA) is 50.7 Å². The van der Waals surface area contributed by atoms with Gasteiger partial charge in [-0.3, -0.25) is 4.79 Å². The number of nitrogens with zero attached hydrogens (tertiary/aromatic N) is 1. The maximum Gasteiger partial charge on any atom is 0.244 e. The molecule has 4 nitrogen and oxygen atoms in total. The molecule has 4 rings (SSSR count). The van der Waals surface area contributed by atoms with Crippen LogP contribution in [0.2, 0.25) is 5.02 Å². The molecule has 0 spiro atoms. The van der Waals surface area contributed by atoms with Crippen LogP contribution in [-0.4, -0.2) is 12.1 Å². The summed E-state index contributed by atoms with van der Waals surface area (Å²) < 4.78 is 5.78. The number of benzene rings is 2. The smallest absolute Gasteiger partial charge is 0.244 e. The highest BCUT2D eigenvalue weighted by molar-refractivity contribution is 6.31. The van der Waals surface area contributed by atoms with E-state index in [0.717, 1.165) is 23.3 Å². The van der Waals surface area contributed by atoms with E-state index in [2.05, 4.69) is 17.5 Å². The summed E-state index contributed by atoms with van der Waals surface area (Å²) in [5.74, 6) is 1.50. The van der Waals surface area contributed by atoms with Gasteiger partial charge in [0.25, 0.3) is 0 Å². The molecule has 0 radical (unpaired) electrons. The van der Waals surface area contributed by atoms with E-state index in [4.69, 9.17) is 16.3 Å². The molecule has 1 amide bonds. The Hall–Kier alpha value is -2.33. The van der Waals surface area contributed by atoms with Crippen molar-refractivity contribution in [1.29, 1.82) is 0 Å². The minimum Gasteiger partial charge on any atom is -0.489 e. The fourth-order valence-corrected chi connectivity index (χ4v) is 4.71. The molecule has 2 aliphatic rings. The first-order valence-electron chi connectivity index (χ1n) is 9.87. The van der Waals surface area contributed by atoms with Gasteiger partial charge < -0.3 is 4.74 Å². The molecule has 28 heavy (non-hydrogen) atoms. The van der Waals surface area contributed by atoms with Gasteiger partial charge in [0.1, 0.15) is 12.4 Å². The third-order valence-electron chi connectivity index (χ3n) is 6.23. The van der Waals surface area contributed by atoms with Crippen LogP contribution in [0, 0.1) is 17.3 Å². The average Bonchev–Trinajstić information content (AvgIpc) is 3.34. The molecule has 2 fully saturated rings. The van der Waals surface area contributed by atoms with Crippen LogP contribution >= 0.6 is 11.6 Å². The van der Waals surface area contributed by atoms with Gasteiger partial charge in [0.2, 0.25) is 5.91 Å². The second-order valence-electron chi connectivity index (χ2n) is 8.02. The highest BCUT2D eigenvalue weighted by Crippen LogP contribution is 2.66. The summed E-state index contributed by atoms with van der Waals surface area (Å²) in [5.41, 5.74) is 4.79. The number of halogens is 1. The highest BCUT2D eigenvalue weighted by atomic mass is 35.5. The summed E-state index contributed by atoms with van der Waals surface area (Å²) in [6.07, 6.45) is 6.50. The van der Waals surface area contributed by atoms with E-state index in [-0.39, 0.29) is 17.2 Å². The van der Waals surface area contributed by atoms with Crippen molar-refractivity contribution in [3.05, 3.63) is 64.7 Å². The SMILES string of the molecule is C[C@@]12CCCC[C@@H]1[C@@H]2C(=O)N/N=C\c1ccc(OCc2ccccc2Cl)cc1. The number of amides is 1. The van der Waals surface area contributed by atoms with Crippen LogP contribution in [0.1, 0.15) is 43.7 Å². The molecule has 0 bridgehead atoms. The molecule has 0 aliphatic heterocycles. The molecule has 5 heteroatoms. The van der Waals surface area contributed by atoms with Crippen molar-refractivity contribution in [3.8, 4) is 5.75 Å². The molecule has 0 saturated heterocycles. The molecular formula is C23H25ClN2O2. The zero-order valence-corrected chi connectivity index (χ0v) is 16.8. The van der Waals surface area contributed by atoms with Gasteiger partial charge in [-0.2, -0.15) is 5.10 Å². The molecule has 3 atom stereocenters. The molecule has 2 aliphatic carbocycles. The first-order chi connectivity index (χ1) is 13.6. The van der Waals surface area contributed by atoms with Gasteiger partial charge >= 0.3 is 0 Å². The second kappa shape index (κ2) is 7.96. The van der Waals surface area contributed by atoms with E-state index in [9.17, 15) is 4.79 Å². The lowest BCUT2D eigenvalue weighted by molar-refractivity contribution is -0.123. The van der Waals surface area contributed by atoms with Gasteiger partial charge in [-0.15, -0.1) is 0 Å².